The molecule has 0 atom stereocenters. The molecule has 0 aliphatic carbocycles. The van der Waals surface area contributed by atoms with Gasteiger partial charge in [-0.05, 0) is 42.7 Å². The molecule has 0 radical (unpaired) electrons. The van der Waals surface area contributed by atoms with Gasteiger partial charge >= 0.3 is 0 Å². The van der Waals surface area contributed by atoms with E-state index >= 15 is 0 Å². The van der Waals surface area contributed by atoms with E-state index in [4.69, 9.17) is 0 Å². The third-order valence-electron chi connectivity index (χ3n) is 4.28. The zero-order valence-electron chi connectivity index (χ0n) is 16.1. The van der Waals surface area contributed by atoms with Crippen LogP contribution in [0, 0.1) is 0 Å². The second-order valence-corrected chi connectivity index (χ2v) is 6.78. The molecule has 6 nitrogen and oxygen atoms in total. The molecule has 2 aromatic carbocycles. The first-order valence-electron chi connectivity index (χ1n) is 9.04. The van der Waals surface area contributed by atoms with E-state index in [2.05, 4.69) is 46.6 Å². The topological polar surface area (TPSA) is 84.0 Å². The van der Waals surface area contributed by atoms with E-state index in [0.717, 1.165) is 5.69 Å². The number of anilines is 3. The summed E-state index contributed by atoms with van der Waals surface area (Å²) >= 11 is 0. The third-order valence-corrected chi connectivity index (χ3v) is 4.28. The van der Waals surface area contributed by atoms with Crippen molar-refractivity contribution in [2.75, 3.05) is 10.6 Å². The Morgan fingerprint density at radius 3 is 2.36 bits per heavy atom. The number of amides is 1. The Bertz CT molecular complexity index is 997. The summed E-state index contributed by atoms with van der Waals surface area (Å²) in [5.41, 5.74) is 3.43. The van der Waals surface area contributed by atoms with Crippen molar-refractivity contribution in [2.24, 2.45) is 0 Å². The minimum atomic E-state index is -0.374. The zero-order chi connectivity index (χ0) is 20.1. The summed E-state index contributed by atoms with van der Waals surface area (Å²) in [6, 6.07) is 16.4. The van der Waals surface area contributed by atoms with Crippen molar-refractivity contribution < 1.29 is 9.59 Å². The maximum absolute atomic E-state index is 12.5. The van der Waals surface area contributed by atoms with Crippen molar-refractivity contribution >= 4 is 28.9 Å². The van der Waals surface area contributed by atoms with Crippen molar-refractivity contribution in [3.05, 3.63) is 77.7 Å². The average Bonchev–Trinajstić information content (AvgIpc) is 2.69. The van der Waals surface area contributed by atoms with Crippen LogP contribution in [0.4, 0.5) is 17.2 Å². The lowest BCUT2D eigenvalue weighted by Crippen LogP contribution is -2.14. The van der Waals surface area contributed by atoms with Crippen LogP contribution in [-0.2, 0) is 0 Å². The van der Waals surface area contributed by atoms with E-state index in [0.29, 0.717) is 23.0 Å². The molecular weight excluding hydrogens is 352 g/mol. The van der Waals surface area contributed by atoms with Gasteiger partial charge in [0.25, 0.3) is 5.91 Å². The summed E-state index contributed by atoms with van der Waals surface area (Å²) in [5.74, 6) is 0.550. The number of carbonyl (C=O) groups is 2. The van der Waals surface area contributed by atoms with E-state index in [9.17, 15) is 9.59 Å². The van der Waals surface area contributed by atoms with Gasteiger partial charge in [-0.15, -0.1) is 0 Å². The lowest BCUT2D eigenvalue weighted by molar-refractivity contribution is 0.100. The first-order chi connectivity index (χ1) is 13.4. The van der Waals surface area contributed by atoms with Gasteiger partial charge in [-0.25, -0.2) is 9.97 Å². The standard InChI is InChI=1S/C22H22N4O2/c1-14(2)16-7-9-18(10-8-16)25-21-12-20(23-13-24-21)22(28)26-19-6-4-5-17(11-19)15(3)27/h4-14H,1-3H3,(H,26,28)(H,23,24,25). The largest absolute Gasteiger partial charge is 0.340 e. The Labute approximate surface area is 164 Å². The number of nitrogens with zero attached hydrogens (tertiary/aromatic N) is 2. The van der Waals surface area contributed by atoms with Gasteiger partial charge in [-0.2, -0.15) is 0 Å². The summed E-state index contributed by atoms with van der Waals surface area (Å²) in [4.78, 5) is 32.2. The molecule has 1 amide bonds. The van der Waals surface area contributed by atoms with E-state index in [1.807, 2.05) is 12.1 Å². The highest BCUT2D eigenvalue weighted by Gasteiger charge is 2.10. The molecule has 1 heterocycles. The lowest BCUT2D eigenvalue weighted by Gasteiger charge is -2.10. The number of benzene rings is 2. The molecule has 1 aromatic heterocycles. The maximum Gasteiger partial charge on any atom is 0.274 e. The number of nitrogens with one attached hydrogen (secondary N) is 2. The zero-order valence-corrected chi connectivity index (χ0v) is 16.1. The van der Waals surface area contributed by atoms with Crippen LogP contribution in [0.2, 0.25) is 0 Å². The fourth-order valence-electron chi connectivity index (χ4n) is 2.66. The van der Waals surface area contributed by atoms with Gasteiger partial charge in [-0.1, -0.05) is 38.1 Å². The predicted octanol–water partition coefficient (Wildman–Crippen LogP) is 4.80. The molecule has 0 aliphatic rings. The van der Waals surface area contributed by atoms with E-state index in [1.165, 1.54) is 18.8 Å². The van der Waals surface area contributed by atoms with E-state index in [1.54, 1.807) is 30.3 Å². The van der Waals surface area contributed by atoms with Gasteiger partial charge in [0.1, 0.15) is 17.8 Å². The van der Waals surface area contributed by atoms with Crippen LogP contribution in [0.1, 0.15) is 53.1 Å². The number of aromatic nitrogens is 2. The minimum absolute atomic E-state index is 0.0619. The molecular formula is C22H22N4O2. The van der Waals surface area contributed by atoms with Crippen LogP contribution in [0.15, 0.2) is 60.9 Å². The smallest absolute Gasteiger partial charge is 0.274 e. The Morgan fingerprint density at radius 1 is 0.929 bits per heavy atom. The molecule has 2 N–H and O–H groups in total. The maximum atomic E-state index is 12.5. The first kappa shape index (κ1) is 19.2. The lowest BCUT2D eigenvalue weighted by atomic mass is 10.0. The van der Waals surface area contributed by atoms with Crippen molar-refractivity contribution in [1.82, 2.24) is 9.97 Å². The molecule has 0 fully saturated rings. The molecule has 3 rings (SSSR count). The van der Waals surface area contributed by atoms with Crippen LogP contribution in [0.25, 0.3) is 0 Å². The van der Waals surface area contributed by atoms with E-state index < -0.39 is 0 Å². The Morgan fingerprint density at radius 2 is 1.68 bits per heavy atom. The molecule has 0 saturated heterocycles. The molecule has 0 bridgehead atoms. The third kappa shape index (κ3) is 4.79. The second-order valence-electron chi connectivity index (χ2n) is 6.78. The fraction of sp³-hybridized carbons (Fsp3) is 0.182. The highest BCUT2D eigenvalue weighted by Crippen LogP contribution is 2.20. The van der Waals surface area contributed by atoms with Crippen molar-refractivity contribution in [1.29, 1.82) is 0 Å². The monoisotopic (exact) mass is 374 g/mol. The summed E-state index contributed by atoms with van der Waals surface area (Å²) in [6.45, 7) is 5.77. The van der Waals surface area contributed by atoms with Crippen LogP contribution in [0.5, 0.6) is 0 Å². The summed E-state index contributed by atoms with van der Waals surface area (Å²) in [5, 5.41) is 5.93. The summed E-state index contributed by atoms with van der Waals surface area (Å²) < 4.78 is 0. The number of hydrogen-bond donors (Lipinski definition) is 2. The van der Waals surface area contributed by atoms with Crippen LogP contribution >= 0.6 is 0 Å². The van der Waals surface area contributed by atoms with Crippen molar-refractivity contribution in [3.63, 3.8) is 0 Å². The van der Waals surface area contributed by atoms with Gasteiger partial charge in [-0.3, -0.25) is 9.59 Å². The number of hydrogen-bond acceptors (Lipinski definition) is 5. The van der Waals surface area contributed by atoms with Crippen LogP contribution in [0.3, 0.4) is 0 Å². The van der Waals surface area contributed by atoms with Crippen molar-refractivity contribution in [3.8, 4) is 0 Å². The van der Waals surface area contributed by atoms with Gasteiger partial charge < -0.3 is 10.6 Å². The minimum Gasteiger partial charge on any atom is -0.340 e. The molecule has 142 valence electrons. The van der Waals surface area contributed by atoms with Crippen LogP contribution in [-0.4, -0.2) is 21.7 Å². The molecule has 0 unspecified atom stereocenters. The average molecular weight is 374 g/mol. The van der Waals surface area contributed by atoms with Crippen LogP contribution < -0.4 is 10.6 Å². The summed E-state index contributed by atoms with van der Waals surface area (Å²) in [7, 11) is 0. The molecule has 6 heteroatoms. The Kier molecular flexibility index (Phi) is 5.79. The molecule has 28 heavy (non-hydrogen) atoms. The molecule has 0 spiro atoms. The van der Waals surface area contributed by atoms with Crippen molar-refractivity contribution in [2.45, 2.75) is 26.7 Å². The highest BCUT2D eigenvalue weighted by atomic mass is 16.2. The predicted molar refractivity (Wildman–Crippen MR) is 110 cm³/mol. The normalized spacial score (nSPS) is 10.6. The highest BCUT2D eigenvalue weighted by molar-refractivity contribution is 6.04. The Hall–Kier alpha value is -3.54. The van der Waals surface area contributed by atoms with Gasteiger partial charge in [0.15, 0.2) is 5.78 Å². The van der Waals surface area contributed by atoms with Gasteiger partial charge in [0, 0.05) is 23.0 Å². The number of ketones is 1. The fourth-order valence-corrected chi connectivity index (χ4v) is 2.66. The van der Waals surface area contributed by atoms with E-state index in [-0.39, 0.29) is 17.4 Å². The molecule has 3 aromatic rings. The second kappa shape index (κ2) is 8.43. The number of carbonyl (C=O) groups excluding carboxylic acids is 2. The number of Topliss-reactive ketones (excluding diaryl/α,β-unsaturated/α-hetero) is 1. The van der Waals surface area contributed by atoms with Gasteiger partial charge in [0.2, 0.25) is 0 Å². The Balaban J connectivity index is 1.72. The molecule has 0 saturated carbocycles. The van der Waals surface area contributed by atoms with Gasteiger partial charge in [0.05, 0.1) is 0 Å². The molecule has 0 aliphatic heterocycles. The summed E-state index contributed by atoms with van der Waals surface area (Å²) in [6.07, 6.45) is 1.34. The quantitative estimate of drug-likeness (QED) is 0.606. The SMILES string of the molecule is CC(=O)c1cccc(NC(=O)c2cc(Nc3ccc(C(C)C)cc3)ncn2)c1. The number of rotatable bonds is 6. The first-order valence-corrected chi connectivity index (χ1v) is 9.04.